The van der Waals surface area contributed by atoms with Crippen LogP contribution in [-0.4, -0.2) is 24.7 Å². The molecule has 0 saturated heterocycles. The molecule has 1 N–H and O–H groups in total. The first-order chi connectivity index (χ1) is 14.9. The normalized spacial score (nSPS) is 10.7. The highest BCUT2D eigenvalue weighted by Gasteiger charge is 2.12. The van der Waals surface area contributed by atoms with E-state index in [-0.39, 0.29) is 12.4 Å². The van der Waals surface area contributed by atoms with Gasteiger partial charge in [0.25, 0.3) is 5.91 Å². The van der Waals surface area contributed by atoms with E-state index in [0.29, 0.717) is 26.9 Å². The van der Waals surface area contributed by atoms with E-state index in [0.717, 1.165) is 4.47 Å². The number of benzene rings is 3. The van der Waals surface area contributed by atoms with E-state index in [4.69, 9.17) is 32.7 Å². The van der Waals surface area contributed by atoms with Gasteiger partial charge in [0.1, 0.15) is 11.5 Å². The van der Waals surface area contributed by atoms with Gasteiger partial charge in [-0.3, -0.25) is 4.79 Å². The highest BCUT2D eigenvalue weighted by atomic mass is 79.9. The van der Waals surface area contributed by atoms with Crippen molar-refractivity contribution in [1.29, 1.82) is 0 Å². The van der Waals surface area contributed by atoms with Gasteiger partial charge in [-0.2, -0.15) is 5.10 Å². The lowest BCUT2D eigenvalue weighted by molar-refractivity contribution is -0.123. The van der Waals surface area contributed by atoms with Gasteiger partial charge in [-0.25, -0.2) is 10.2 Å². The summed E-state index contributed by atoms with van der Waals surface area (Å²) in [7, 11) is 0. The molecule has 158 valence electrons. The second-order valence-electron chi connectivity index (χ2n) is 6.11. The van der Waals surface area contributed by atoms with Crippen molar-refractivity contribution in [1.82, 2.24) is 5.43 Å². The molecule has 6 nitrogen and oxygen atoms in total. The molecule has 0 radical (unpaired) electrons. The molecule has 0 bridgehead atoms. The van der Waals surface area contributed by atoms with Crippen LogP contribution in [0.4, 0.5) is 0 Å². The molecule has 9 heteroatoms. The molecule has 3 rings (SSSR count). The second kappa shape index (κ2) is 10.9. The van der Waals surface area contributed by atoms with Gasteiger partial charge in [0.2, 0.25) is 0 Å². The Hall–Kier alpha value is -2.87. The lowest BCUT2D eigenvalue weighted by Crippen LogP contribution is -2.24. The number of carbonyl (C=O) groups is 2. The predicted molar refractivity (Wildman–Crippen MR) is 123 cm³/mol. The average Bonchev–Trinajstić information content (AvgIpc) is 2.75. The molecule has 31 heavy (non-hydrogen) atoms. The van der Waals surface area contributed by atoms with E-state index in [2.05, 4.69) is 26.5 Å². The summed E-state index contributed by atoms with van der Waals surface area (Å²) < 4.78 is 11.6. The molecule has 0 aliphatic carbocycles. The number of hydrazone groups is 1. The number of nitrogens with one attached hydrogen (secondary N) is 1. The molecule has 0 fully saturated rings. The van der Waals surface area contributed by atoms with Crippen LogP contribution < -0.4 is 14.9 Å². The summed E-state index contributed by atoms with van der Waals surface area (Å²) in [6.45, 7) is -0.226. The molecule has 3 aromatic rings. The minimum atomic E-state index is -0.547. The Morgan fingerprint density at radius 3 is 2.29 bits per heavy atom. The molecule has 0 aliphatic heterocycles. The van der Waals surface area contributed by atoms with Crippen LogP contribution in [0.15, 0.2) is 76.3 Å². The first kappa shape index (κ1) is 22.8. The van der Waals surface area contributed by atoms with Crippen LogP contribution in [0.1, 0.15) is 15.9 Å². The van der Waals surface area contributed by atoms with Crippen molar-refractivity contribution in [3.05, 3.63) is 92.4 Å². The third-order valence-electron chi connectivity index (χ3n) is 3.83. The number of halogens is 3. The van der Waals surface area contributed by atoms with Crippen LogP contribution in [0, 0.1) is 0 Å². The number of amides is 1. The average molecular weight is 522 g/mol. The molecular formula is C22H15BrCl2N2O4. The number of ether oxygens (including phenoxy) is 2. The van der Waals surface area contributed by atoms with Crippen molar-refractivity contribution < 1.29 is 19.1 Å². The molecule has 3 aromatic carbocycles. The fourth-order valence-electron chi connectivity index (χ4n) is 2.34. The maximum absolute atomic E-state index is 12.4. The number of rotatable bonds is 7. The van der Waals surface area contributed by atoms with Crippen molar-refractivity contribution in [2.45, 2.75) is 0 Å². The fourth-order valence-corrected chi connectivity index (χ4v) is 2.97. The molecule has 0 aromatic heterocycles. The molecule has 0 saturated carbocycles. The zero-order valence-corrected chi connectivity index (χ0v) is 18.9. The van der Waals surface area contributed by atoms with Crippen LogP contribution in [0.5, 0.6) is 11.5 Å². The SMILES string of the molecule is O=C(COc1ccc(Cl)cc1)N/N=C/c1cc(Br)ccc1OC(=O)c1ccc(Cl)cc1. The highest BCUT2D eigenvalue weighted by molar-refractivity contribution is 9.10. The van der Waals surface area contributed by atoms with Crippen molar-refractivity contribution in [3.8, 4) is 11.5 Å². The van der Waals surface area contributed by atoms with E-state index >= 15 is 0 Å². The van der Waals surface area contributed by atoms with Gasteiger partial charge in [-0.1, -0.05) is 39.1 Å². The third kappa shape index (κ3) is 7.10. The first-order valence-electron chi connectivity index (χ1n) is 8.88. The van der Waals surface area contributed by atoms with Gasteiger partial charge in [0.05, 0.1) is 11.8 Å². The summed E-state index contributed by atoms with van der Waals surface area (Å²) in [6, 6.07) is 18.0. The molecule has 1 amide bonds. The van der Waals surface area contributed by atoms with Crippen molar-refractivity contribution in [2.24, 2.45) is 5.10 Å². The van der Waals surface area contributed by atoms with Gasteiger partial charge in [-0.05, 0) is 66.7 Å². The summed E-state index contributed by atoms with van der Waals surface area (Å²) >= 11 is 15.0. The molecule has 0 atom stereocenters. The van der Waals surface area contributed by atoms with Crippen LogP contribution in [0.2, 0.25) is 10.0 Å². The van der Waals surface area contributed by atoms with Crippen molar-refractivity contribution in [2.75, 3.05) is 6.61 Å². The largest absolute Gasteiger partial charge is 0.484 e. The van der Waals surface area contributed by atoms with Crippen LogP contribution >= 0.6 is 39.1 Å². The number of hydrogen-bond donors (Lipinski definition) is 1. The standard InChI is InChI=1S/C22H15BrCl2N2O4/c23-16-3-10-20(31-22(29)14-1-4-17(24)5-2-14)15(11-16)12-26-27-21(28)13-30-19-8-6-18(25)7-9-19/h1-12H,13H2,(H,27,28)/b26-12+. The van der Waals surface area contributed by atoms with Crippen molar-refractivity contribution in [3.63, 3.8) is 0 Å². The van der Waals surface area contributed by atoms with Gasteiger partial charge in [-0.15, -0.1) is 0 Å². The first-order valence-corrected chi connectivity index (χ1v) is 10.4. The molecule has 0 spiro atoms. The van der Waals surface area contributed by atoms with Crippen LogP contribution in [0.25, 0.3) is 0 Å². The Labute approximate surface area is 196 Å². The molecular weight excluding hydrogens is 507 g/mol. The van der Waals surface area contributed by atoms with E-state index < -0.39 is 11.9 Å². The Bertz CT molecular complexity index is 1100. The summed E-state index contributed by atoms with van der Waals surface area (Å²) in [5, 5.41) is 5.00. The van der Waals surface area contributed by atoms with Crippen LogP contribution in [0.3, 0.4) is 0 Å². The smallest absolute Gasteiger partial charge is 0.343 e. The topological polar surface area (TPSA) is 77.0 Å². The van der Waals surface area contributed by atoms with Gasteiger partial charge < -0.3 is 9.47 Å². The monoisotopic (exact) mass is 520 g/mol. The summed E-state index contributed by atoms with van der Waals surface area (Å²) in [5.74, 6) is -0.222. The number of nitrogens with zero attached hydrogens (tertiary/aromatic N) is 1. The predicted octanol–water partition coefficient (Wildman–Crippen LogP) is 5.50. The van der Waals surface area contributed by atoms with Gasteiger partial charge >= 0.3 is 5.97 Å². The quantitative estimate of drug-likeness (QED) is 0.192. The number of carbonyl (C=O) groups excluding carboxylic acids is 2. The van der Waals surface area contributed by atoms with E-state index in [1.54, 1.807) is 66.7 Å². The lowest BCUT2D eigenvalue weighted by atomic mass is 10.2. The van der Waals surface area contributed by atoms with E-state index in [9.17, 15) is 9.59 Å². The zero-order valence-electron chi connectivity index (χ0n) is 15.8. The Balaban J connectivity index is 1.61. The zero-order chi connectivity index (χ0) is 22.2. The summed E-state index contributed by atoms with van der Waals surface area (Å²) in [5.41, 5.74) is 3.19. The van der Waals surface area contributed by atoms with E-state index in [1.807, 2.05) is 0 Å². The van der Waals surface area contributed by atoms with Crippen LogP contribution in [-0.2, 0) is 4.79 Å². The Morgan fingerprint density at radius 2 is 1.61 bits per heavy atom. The highest BCUT2D eigenvalue weighted by Crippen LogP contribution is 2.23. The lowest BCUT2D eigenvalue weighted by Gasteiger charge is -2.08. The molecule has 0 heterocycles. The van der Waals surface area contributed by atoms with E-state index in [1.165, 1.54) is 6.21 Å². The third-order valence-corrected chi connectivity index (χ3v) is 4.83. The number of esters is 1. The Kier molecular flexibility index (Phi) is 8.06. The summed E-state index contributed by atoms with van der Waals surface area (Å²) in [6.07, 6.45) is 1.37. The van der Waals surface area contributed by atoms with Gasteiger partial charge in [0, 0.05) is 20.1 Å². The van der Waals surface area contributed by atoms with Crippen molar-refractivity contribution >= 4 is 57.2 Å². The maximum Gasteiger partial charge on any atom is 0.343 e. The summed E-state index contributed by atoms with van der Waals surface area (Å²) in [4.78, 5) is 24.3. The minimum Gasteiger partial charge on any atom is -0.484 e. The van der Waals surface area contributed by atoms with Gasteiger partial charge in [0.15, 0.2) is 6.61 Å². The number of hydrogen-bond acceptors (Lipinski definition) is 5. The minimum absolute atomic E-state index is 0.226. The molecule has 0 unspecified atom stereocenters. The fraction of sp³-hybridized carbons (Fsp3) is 0.0455. The maximum atomic E-state index is 12.4. The molecule has 0 aliphatic rings. The Morgan fingerprint density at radius 1 is 0.968 bits per heavy atom. The second-order valence-corrected chi connectivity index (χ2v) is 7.90.